The highest BCUT2D eigenvalue weighted by Crippen LogP contribution is 2.52. The van der Waals surface area contributed by atoms with Crippen LogP contribution in [0, 0.1) is 11.6 Å². The van der Waals surface area contributed by atoms with Crippen molar-refractivity contribution in [2.24, 2.45) is 0 Å². The van der Waals surface area contributed by atoms with Crippen molar-refractivity contribution in [1.29, 1.82) is 0 Å². The zero-order valence-electron chi connectivity index (χ0n) is 20.8. The molecule has 0 saturated carbocycles. The van der Waals surface area contributed by atoms with Gasteiger partial charge in [-0.25, -0.2) is 8.78 Å². The van der Waals surface area contributed by atoms with Crippen LogP contribution >= 0.6 is 11.6 Å². The number of aliphatic hydroxyl groups is 2. The number of benzene rings is 3. The number of amides is 1. The molecule has 0 spiro atoms. The summed E-state index contributed by atoms with van der Waals surface area (Å²) < 4.78 is 83.0. The molecule has 1 heterocycles. The molecule has 0 saturated heterocycles. The maximum absolute atomic E-state index is 15.1. The molecule has 0 aliphatic carbocycles. The van der Waals surface area contributed by atoms with Crippen LogP contribution in [0.2, 0.25) is 5.02 Å². The Labute approximate surface area is 225 Å². The van der Waals surface area contributed by atoms with Crippen molar-refractivity contribution in [3.8, 4) is 16.9 Å². The molecular weight excluding hydrogens is 549 g/mol. The molecule has 1 amide bonds. The lowest BCUT2D eigenvalue weighted by Gasteiger charge is -2.38. The first kappa shape index (κ1) is 28.8. The second-order valence-electron chi connectivity index (χ2n) is 9.09. The fourth-order valence-corrected chi connectivity index (χ4v) is 4.88. The van der Waals surface area contributed by atoms with Crippen LogP contribution in [0.1, 0.15) is 35.8 Å². The van der Waals surface area contributed by atoms with Gasteiger partial charge in [0.1, 0.15) is 17.4 Å². The van der Waals surface area contributed by atoms with E-state index in [1.54, 1.807) is 0 Å². The molecule has 39 heavy (non-hydrogen) atoms. The van der Waals surface area contributed by atoms with Crippen LogP contribution in [0.5, 0.6) is 5.75 Å². The average molecular weight is 572 g/mol. The number of nitrogens with zero attached hydrogens (tertiary/aromatic N) is 1. The van der Waals surface area contributed by atoms with Gasteiger partial charge in [-0.05, 0) is 34.9 Å². The minimum Gasteiger partial charge on any atom is -0.481 e. The van der Waals surface area contributed by atoms with E-state index in [4.69, 9.17) is 21.1 Å². The zero-order chi connectivity index (χ0) is 28.9. The van der Waals surface area contributed by atoms with Gasteiger partial charge in [0.05, 0.1) is 5.69 Å². The van der Waals surface area contributed by atoms with Crippen LogP contribution in [-0.2, 0) is 15.1 Å². The number of anilines is 1. The van der Waals surface area contributed by atoms with E-state index in [9.17, 15) is 32.6 Å². The van der Waals surface area contributed by atoms with Gasteiger partial charge in [-0.1, -0.05) is 42.8 Å². The second kappa shape index (κ2) is 10.4. The summed E-state index contributed by atoms with van der Waals surface area (Å²) in [5, 5.41) is 20.7. The number of carbonyl (C=O) groups is 1. The van der Waals surface area contributed by atoms with Gasteiger partial charge in [0.25, 0.3) is 5.91 Å². The van der Waals surface area contributed by atoms with Gasteiger partial charge in [0.2, 0.25) is 0 Å². The number of carbonyl (C=O) groups excluding carboxylic acids is 1. The maximum Gasteiger partial charge on any atom is 0.422 e. The molecule has 208 valence electrons. The van der Waals surface area contributed by atoms with Crippen molar-refractivity contribution in [3.05, 3.63) is 81.9 Å². The van der Waals surface area contributed by atoms with E-state index in [-0.39, 0.29) is 27.6 Å². The molecule has 0 radical (unpaired) electrons. The number of fused-ring (bicyclic) bond motifs is 1. The summed E-state index contributed by atoms with van der Waals surface area (Å²) in [6, 6.07) is 9.17. The molecule has 2 N–H and O–H groups in total. The lowest BCUT2D eigenvalue weighted by Crippen LogP contribution is -2.47. The smallest absolute Gasteiger partial charge is 0.422 e. The zero-order valence-corrected chi connectivity index (χ0v) is 21.6. The SMILES string of the molecule is COC(O)c1ccc(-c2ccc([C@H](C)[C@](O)(c3cc4c(cc3F)OCC(=O)N4C)C(F)(F)F)c(Cl)c2)cc1F. The van der Waals surface area contributed by atoms with Gasteiger partial charge in [0, 0.05) is 42.3 Å². The molecule has 1 aliphatic rings. The predicted octanol–water partition coefficient (Wildman–Crippen LogP) is 5.83. The molecule has 6 nitrogen and oxygen atoms in total. The average Bonchev–Trinajstić information content (AvgIpc) is 2.88. The van der Waals surface area contributed by atoms with Gasteiger partial charge < -0.3 is 24.6 Å². The molecule has 1 aliphatic heterocycles. The highest BCUT2D eigenvalue weighted by Gasteiger charge is 2.60. The predicted molar refractivity (Wildman–Crippen MR) is 132 cm³/mol. The van der Waals surface area contributed by atoms with Crippen LogP contribution in [0.15, 0.2) is 48.5 Å². The maximum atomic E-state index is 15.1. The van der Waals surface area contributed by atoms with Crippen molar-refractivity contribution >= 4 is 23.2 Å². The standard InChI is InChI=1S/C27H23ClF5NO5/c1-13(16-6-4-14(8-19(16)28)15-5-7-17(20(29)9-15)25(36)38-3)26(37,27(31,32)33)18-10-22-23(11-21(18)30)39-12-24(35)34(22)2/h4-11,13,25,36-37H,12H2,1-3H3/t13-,25?,26-/m0/s1. The Morgan fingerprint density at radius 2 is 1.64 bits per heavy atom. The number of methoxy groups -OCH3 is 1. The van der Waals surface area contributed by atoms with Crippen molar-refractivity contribution in [2.45, 2.75) is 30.9 Å². The first-order valence-corrected chi connectivity index (χ1v) is 11.9. The van der Waals surface area contributed by atoms with E-state index < -0.39 is 53.7 Å². The summed E-state index contributed by atoms with van der Waals surface area (Å²) in [6.07, 6.45) is -6.86. The summed E-state index contributed by atoms with van der Waals surface area (Å²) in [7, 11) is 2.49. The number of hydrogen-bond acceptors (Lipinski definition) is 5. The molecule has 1 unspecified atom stereocenters. The quantitative estimate of drug-likeness (QED) is 0.287. The van der Waals surface area contributed by atoms with E-state index in [1.807, 2.05) is 0 Å². The summed E-state index contributed by atoms with van der Waals surface area (Å²) in [5.74, 6) is -4.70. The largest absolute Gasteiger partial charge is 0.481 e. The first-order valence-electron chi connectivity index (χ1n) is 11.5. The Bertz CT molecular complexity index is 1430. The molecule has 0 fully saturated rings. The van der Waals surface area contributed by atoms with Crippen molar-refractivity contribution in [3.63, 3.8) is 0 Å². The lowest BCUT2D eigenvalue weighted by molar-refractivity contribution is -0.275. The number of likely N-dealkylation sites (N-methyl/N-ethyl adjacent to an activating group) is 1. The Kier molecular flexibility index (Phi) is 7.65. The summed E-state index contributed by atoms with van der Waals surface area (Å²) in [6.45, 7) is 0.628. The highest BCUT2D eigenvalue weighted by atomic mass is 35.5. The van der Waals surface area contributed by atoms with E-state index in [0.717, 1.165) is 24.0 Å². The van der Waals surface area contributed by atoms with Gasteiger partial charge in [-0.15, -0.1) is 0 Å². The monoisotopic (exact) mass is 571 g/mol. The fourth-order valence-electron chi connectivity index (χ4n) is 4.53. The Hall–Kier alpha value is -3.25. The van der Waals surface area contributed by atoms with E-state index in [2.05, 4.69) is 0 Å². The molecule has 0 aromatic heterocycles. The fraction of sp³-hybridized carbons (Fsp3) is 0.296. The number of ether oxygens (including phenoxy) is 2. The molecule has 3 aromatic carbocycles. The molecule has 4 rings (SSSR count). The summed E-state index contributed by atoms with van der Waals surface area (Å²) in [5.41, 5.74) is -4.64. The van der Waals surface area contributed by atoms with Crippen LogP contribution in [0.3, 0.4) is 0 Å². The third-order valence-electron chi connectivity index (χ3n) is 6.89. The lowest BCUT2D eigenvalue weighted by atomic mass is 9.77. The number of rotatable bonds is 6. The van der Waals surface area contributed by atoms with Gasteiger partial charge >= 0.3 is 6.18 Å². The minimum absolute atomic E-state index is 0.113. The minimum atomic E-state index is -5.37. The van der Waals surface area contributed by atoms with Gasteiger partial charge in [-0.2, -0.15) is 13.2 Å². The van der Waals surface area contributed by atoms with Gasteiger partial charge in [-0.3, -0.25) is 4.79 Å². The van der Waals surface area contributed by atoms with Gasteiger partial charge in [0.15, 0.2) is 18.5 Å². The number of aliphatic hydroxyl groups excluding tert-OH is 1. The number of halogens is 6. The third kappa shape index (κ3) is 4.95. The van der Waals surface area contributed by atoms with Crippen molar-refractivity contribution in [1.82, 2.24) is 0 Å². The highest BCUT2D eigenvalue weighted by molar-refractivity contribution is 6.31. The third-order valence-corrected chi connectivity index (χ3v) is 7.22. The van der Waals surface area contributed by atoms with E-state index in [1.165, 1.54) is 44.5 Å². The molecular formula is C27H23ClF5NO5. The number of hydrogen-bond donors (Lipinski definition) is 2. The molecule has 0 bridgehead atoms. The van der Waals surface area contributed by atoms with E-state index >= 15 is 4.39 Å². The van der Waals surface area contributed by atoms with Crippen LogP contribution in [-0.4, -0.2) is 43.1 Å². The second-order valence-corrected chi connectivity index (χ2v) is 9.49. The van der Waals surface area contributed by atoms with Crippen molar-refractivity contribution < 1.29 is 46.4 Å². The first-order chi connectivity index (χ1) is 18.2. The Morgan fingerprint density at radius 1 is 1.03 bits per heavy atom. The molecule has 3 atom stereocenters. The topological polar surface area (TPSA) is 79.2 Å². The molecule has 3 aromatic rings. The van der Waals surface area contributed by atoms with Crippen molar-refractivity contribution in [2.75, 3.05) is 25.7 Å². The summed E-state index contributed by atoms with van der Waals surface area (Å²) in [4.78, 5) is 13.0. The van der Waals surface area contributed by atoms with Crippen LogP contribution in [0.4, 0.5) is 27.6 Å². The normalized spacial score (nSPS) is 16.8. The van der Waals surface area contributed by atoms with Crippen LogP contribution in [0.25, 0.3) is 11.1 Å². The Morgan fingerprint density at radius 3 is 2.21 bits per heavy atom. The summed E-state index contributed by atoms with van der Waals surface area (Å²) >= 11 is 6.36. The Balaban J connectivity index is 1.78. The van der Waals surface area contributed by atoms with Crippen LogP contribution < -0.4 is 9.64 Å². The van der Waals surface area contributed by atoms with E-state index in [0.29, 0.717) is 17.2 Å². The number of alkyl halides is 3. The molecule has 12 heteroatoms.